The Labute approximate surface area is 225 Å². The summed E-state index contributed by atoms with van der Waals surface area (Å²) in [5.41, 5.74) is 6.41. The molecular formula is C24H23ClF2N7O3Si-. The molecule has 0 spiro atoms. The molecule has 1 aliphatic heterocycles. The zero-order chi connectivity index (χ0) is 27.8. The summed E-state index contributed by atoms with van der Waals surface area (Å²) in [6.45, 7) is 1.22. The van der Waals surface area contributed by atoms with Crippen LogP contribution in [0.1, 0.15) is 34.6 Å². The second kappa shape index (κ2) is 10.6. The average molecular weight is 559 g/mol. The molecule has 2 atom stereocenters. The van der Waals surface area contributed by atoms with E-state index in [0.29, 0.717) is 11.0 Å². The summed E-state index contributed by atoms with van der Waals surface area (Å²) in [5, 5.41) is 6.75. The van der Waals surface area contributed by atoms with Crippen LogP contribution in [0.15, 0.2) is 31.1 Å². The molecule has 14 heteroatoms. The Hall–Kier alpha value is -3.73. The maximum atomic E-state index is 13.3. The summed E-state index contributed by atoms with van der Waals surface area (Å²) in [7, 11) is 6.91. The number of fused-ring (bicyclic) bond motifs is 1. The molecule has 3 N–H and O–H groups in total. The van der Waals surface area contributed by atoms with E-state index >= 15 is 0 Å². The molecule has 1 aromatic carbocycles. The summed E-state index contributed by atoms with van der Waals surface area (Å²) in [6, 6.07) is 2.52. The van der Waals surface area contributed by atoms with Crippen molar-refractivity contribution in [2.24, 2.45) is 5.73 Å². The van der Waals surface area contributed by atoms with Crippen LogP contribution in [0.4, 0.5) is 14.6 Å². The Balaban J connectivity index is 1.81. The number of nitrogens with one attached hydrogen (secondary N) is 1. The van der Waals surface area contributed by atoms with Gasteiger partial charge in [0.1, 0.15) is 17.7 Å². The molecule has 4 rings (SSSR count). The van der Waals surface area contributed by atoms with Crippen molar-refractivity contribution in [3.8, 4) is 11.8 Å². The van der Waals surface area contributed by atoms with Crippen LogP contribution in [0.2, 0.25) is 5.02 Å². The lowest BCUT2D eigenvalue weighted by atomic mass is 10.1. The molecule has 1 fully saturated rings. The smallest absolute Gasteiger partial charge is 0.320 e. The van der Waals surface area contributed by atoms with Crippen molar-refractivity contribution in [2.75, 3.05) is 32.6 Å². The molecule has 0 bridgehead atoms. The number of carbonyl (C=O) groups is 2. The van der Waals surface area contributed by atoms with Crippen LogP contribution in [0.25, 0.3) is 11.0 Å². The first-order valence-electron chi connectivity index (χ1n) is 11.3. The van der Waals surface area contributed by atoms with Crippen LogP contribution in [0.5, 0.6) is 0 Å². The monoisotopic (exact) mass is 558 g/mol. The fraction of sp³-hybridized carbons (Fsp3) is 0.333. The standard InChI is InChI=1S/C24H23ClF2N7O3Si/c1-4-19(35)32-11-24(38,9-14(32)10-37-3)34-22(29-2)20(21(28)36)16(31-34)6-5-13-7-18-17(8-15(13)25)30-12-33(18)23(26)27/h4,7-8,12,14,23,29H,1,9-11H2,2-3H3,(H2,28,36)/q-1/t14-,24-/m1/s1. The van der Waals surface area contributed by atoms with Crippen LogP contribution in [-0.2, 0) is 14.7 Å². The number of nitrogens with zero attached hydrogens (tertiary/aromatic N) is 5. The van der Waals surface area contributed by atoms with Gasteiger partial charge in [0.2, 0.25) is 5.91 Å². The predicted molar refractivity (Wildman–Crippen MR) is 138 cm³/mol. The number of benzene rings is 1. The fourth-order valence-corrected chi connectivity index (χ4v) is 5.32. The first kappa shape index (κ1) is 27.3. The molecule has 2 radical (unpaired) electrons. The minimum atomic E-state index is -2.80. The average Bonchev–Trinajstić information content (AvgIpc) is 3.55. The van der Waals surface area contributed by atoms with E-state index in [0.717, 1.165) is 6.33 Å². The third-order valence-corrected chi connectivity index (χ3v) is 7.11. The highest BCUT2D eigenvalue weighted by molar-refractivity contribution is 6.32. The highest BCUT2D eigenvalue weighted by Crippen LogP contribution is 2.35. The molecule has 0 unspecified atom stereocenters. The van der Waals surface area contributed by atoms with Crippen LogP contribution in [0.3, 0.4) is 0 Å². The highest BCUT2D eigenvalue weighted by Gasteiger charge is 2.39. The number of imidazole rings is 1. The van der Waals surface area contributed by atoms with E-state index in [-0.39, 0.29) is 63.8 Å². The summed E-state index contributed by atoms with van der Waals surface area (Å²) in [4.78, 5) is 30.5. The minimum Gasteiger partial charge on any atom is -0.630 e. The number of primary amides is 1. The number of amides is 2. The Bertz CT molecular complexity index is 1500. The molecule has 2 aromatic heterocycles. The molecule has 38 heavy (non-hydrogen) atoms. The van der Waals surface area contributed by atoms with Gasteiger partial charge in [0.05, 0.1) is 28.7 Å². The lowest BCUT2D eigenvalue weighted by molar-refractivity contribution is -0.127. The summed E-state index contributed by atoms with van der Waals surface area (Å²) < 4.78 is 34.2. The zero-order valence-corrected chi connectivity index (χ0v) is 22.2. The number of methoxy groups -OCH3 is 1. The Morgan fingerprint density at radius 1 is 1.45 bits per heavy atom. The van der Waals surface area contributed by atoms with Gasteiger partial charge in [0.15, 0.2) is 5.69 Å². The molecule has 3 aromatic rings. The first-order chi connectivity index (χ1) is 18.0. The van der Waals surface area contributed by atoms with E-state index in [1.807, 2.05) is 0 Å². The number of anilines is 1. The molecule has 10 nitrogen and oxygen atoms in total. The third-order valence-electron chi connectivity index (χ3n) is 6.23. The second-order valence-corrected chi connectivity index (χ2v) is 9.95. The lowest BCUT2D eigenvalue weighted by Gasteiger charge is -2.39. The van der Waals surface area contributed by atoms with Crippen molar-refractivity contribution in [3.05, 3.63) is 53.0 Å². The number of hydrogen-bond donors (Lipinski definition) is 2. The van der Waals surface area contributed by atoms with Gasteiger partial charge in [-0.15, -0.1) is 5.16 Å². The number of rotatable bonds is 7. The van der Waals surface area contributed by atoms with E-state index in [1.54, 1.807) is 11.9 Å². The topological polar surface area (TPSA) is 120 Å². The minimum absolute atomic E-state index is 0.0178. The van der Waals surface area contributed by atoms with Gasteiger partial charge in [-0.3, -0.25) is 18.8 Å². The Morgan fingerprint density at radius 2 is 2.18 bits per heavy atom. The quantitative estimate of drug-likeness (QED) is 0.260. The van der Waals surface area contributed by atoms with Gasteiger partial charge in [-0.05, 0) is 30.6 Å². The van der Waals surface area contributed by atoms with Crippen molar-refractivity contribution in [2.45, 2.75) is 24.2 Å². The van der Waals surface area contributed by atoms with Crippen molar-refractivity contribution < 1.29 is 23.1 Å². The van der Waals surface area contributed by atoms with E-state index < -0.39 is 17.6 Å². The molecule has 1 saturated heterocycles. The van der Waals surface area contributed by atoms with E-state index in [4.69, 9.17) is 22.1 Å². The SMILES string of the molecule is C=CC(=O)N1C[C@@]([Si-])(n2nc(C#Cc3cc4c(cc3Cl)ncn4C(F)F)c(C(N)=O)c2NC)C[C@@H]1COC. The fourth-order valence-electron chi connectivity index (χ4n) is 4.55. The van der Waals surface area contributed by atoms with Crippen molar-refractivity contribution in [1.82, 2.24) is 24.2 Å². The normalized spacial score (nSPS) is 19.0. The molecule has 1 aliphatic rings. The number of ether oxygens (including phenoxy) is 1. The van der Waals surface area contributed by atoms with Crippen molar-refractivity contribution in [1.29, 1.82) is 0 Å². The third kappa shape index (κ3) is 4.78. The van der Waals surface area contributed by atoms with E-state index in [2.05, 4.69) is 44.1 Å². The molecule has 3 heterocycles. The Morgan fingerprint density at radius 3 is 2.79 bits per heavy atom. The van der Waals surface area contributed by atoms with E-state index in [1.165, 1.54) is 30.0 Å². The number of hydrogen-bond acceptors (Lipinski definition) is 6. The van der Waals surface area contributed by atoms with Crippen LogP contribution < -0.4 is 11.1 Å². The zero-order valence-electron chi connectivity index (χ0n) is 20.5. The van der Waals surface area contributed by atoms with Gasteiger partial charge in [-0.25, -0.2) is 4.98 Å². The summed E-state index contributed by atoms with van der Waals surface area (Å²) in [5.74, 6) is 4.82. The number of halogens is 3. The molecular weight excluding hydrogens is 536 g/mol. The van der Waals surface area contributed by atoms with Crippen LogP contribution in [0, 0.1) is 11.8 Å². The van der Waals surface area contributed by atoms with Crippen LogP contribution >= 0.6 is 11.6 Å². The Kier molecular flexibility index (Phi) is 7.59. The number of likely N-dealkylation sites (tertiary alicyclic amines) is 1. The first-order valence-corrected chi connectivity index (χ1v) is 12.2. The largest absolute Gasteiger partial charge is 0.630 e. The second-order valence-electron chi connectivity index (χ2n) is 8.61. The van der Waals surface area contributed by atoms with Gasteiger partial charge in [0.25, 0.3) is 5.91 Å². The number of nitrogens with two attached hydrogens (primary N) is 1. The van der Waals surface area contributed by atoms with Gasteiger partial charge in [-0.2, -0.15) is 13.9 Å². The number of carbonyl (C=O) groups excluding carboxylic acids is 2. The summed E-state index contributed by atoms with van der Waals surface area (Å²) >= 11 is 6.32. The van der Waals surface area contributed by atoms with Gasteiger partial charge >= 0.3 is 6.55 Å². The molecule has 2 amide bonds. The predicted octanol–water partition coefficient (Wildman–Crippen LogP) is 2.08. The number of alkyl halides is 2. The summed E-state index contributed by atoms with van der Waals surface area (Å²) in [6.07, 6.45) is 2.62. The van der Waals surface area contributed by atoms with E-state index in [9.17, 15) is 18.4 Å². The van der Waals surface area contributed by atoms with Gasteiger partial charge in [0, 0.05) is 26.3 Å². The highest BCUT2D eigenvalue weighted by atomic mass is 35.5. The molecule has 0 aliphatic carbocycles. The van der Waals surface area contributed by atoms with Gasteiger partial charge < -0.3 is 30.9 Å². The molecule has 198 valence electrons. The molecule has 0 saturated carbocycles. The maximum absolute atomic E-state index is 13.3. The maximum Gasteiger partial charge on any atom is 0.320 e. The lowest BCUT2D eigenvalue weighted by Crippen LogP contribution is -2.41. The van der Waals surface area contributed by atoms with Crippen molar-refractivity contribution in [3.63, 3.8) is 0 Å². The van der Waals surface area contributed by atoms with Crippen LogP contribution in [-0.4, -0.2) is 79.6 Å². The number of aromatic nitrogens is 4. The van der Waals surface area contributed by atoms with Gasteiger partial charge in [-0.1, -0.05) is 24.1 Å². The van der Waals surface area contributed by atoms with Crippen molar-refractivity contribution >= 4 is 50.5 Å².